The number of ether oxygens (including phenoxy) is 1. The maximum Gasteiger partial charge on any atom is 0.446 e. The molecule has 5 saturated heterocycles. The highest BCUT2D eigenvalue weighted by atomic mass is 32.3. The van der Waals surface area contributed by atoms with E-state index in [1.54, 1.807) is 11.9 Å². The predicted molar refractivity (Wildman–Crippen MR) is 354 cm³/mol. The third kappa shape index (κ3) is 17.8. The SMILES string of the molecule is C=C(N)C[C@@H](O)[C@@H]1NC(=O)[C@H]([C@H](O)Cc2ccc(O)c(OS(=O)(=O)O)c2)NC(=O)[C@@H]2C[C@@H](O)CN2C(=O)[C@H]([C@@H](C)O)NC(=O)[C@@H](N(C)CC2CN(c3nnc(-c4ccc(-c5cnc(N6CCC(OC7CCCCC7)CC6)nc5)cc4)s3)C2)C[C@@H](O)CNC(=O)[C@@H]2[C@@H](O)[C@@H](C)CN2C1=O. The molecule has 6 amide bonds. The number of aromatic nitrogens is 4. The van der Waals surface area contributed by atoms with Crippen molar-refractivity contribution in [2.45, 2.75) is 170 Å². The van der Waals surface area contributed by atoms with Gasteiger partial charge in [0.1, 0.15) is 35.2 Å². The Hall–Kier alpha value is -7.77. The fraction of sp³-hybridized carbons (Fsp3) is 0.594. The summed E-state index contributed by atoms with van der Waals surface area (Å²) in [6, 6.07) is 0.0485. The molecule has 5 aliphatic heterocycles. The summed E-state index contributed by atoms with van der Waals surface area (Å²) in [5.74, 6) is -8.49. The molecule has 1 aliphatic carbocycles. The zero-order valence-electron chi connectivity index (χ0n) is 54.7. The molecule has 98 heavy (non-hydrogen) atoms. The van der Waals surface area contributed by atoms with Gasteiger partial charge in [-0.05, 0) is 69.3 Å². The van der Waals surface area contributed by atoms with Crippen LogP contribution in [0.4, 0.5) is 11.1 Å². The van der Waals surface area contributed by atoms with E-state index in [2.05, 4.69) is 47.1 Å². The number of benzene rings is 2. The molecule has 32 nitrogen and oxygen atoms in total. The molecule has 2 aromatic heterocycles. The first-order valence-electron chi connectivity index (χ1n) is 33.0. The van der Waals surface area contributed by atoms with E-state index in [1.165, 1.54) is 44.4 Å². The van der Waals surface area contributed by atoms with Crippen molar-refractivity contribution in [2.24, 2.45) is 17.6 Å². The number of carbonyl (C=O) groups excluding carboxylic acids is 6. The zero-order valence-corrected chi connectivity index (χ0v) is 56.3. The number of anilines is 2. The number of carbonyl (C=O) groups is 6. The van der Waals surface area contributed by atoms with Gasteiger partial charge in [0.05, 0.1) is 54.9 Å². The Labute approximate surface area is 570 Å². The van der Waals surface area contributed by atoms with E-state index in [0.29, 0.717) is 35.3 Å². The lowest BCUT2D eigenvalue weighted by Crippen LogP contribution is -2.64. The van der Waals surface area contributed by atoms with Crippen LogP contribution in [0.2, 0.25) is 0 Å². The molecule has 0 radical (unpaired) electrons. The second-order valence-corrected chi connectivity index (χ2v) is 28.7. The van der Waals surface area contributed by atoms with Crippen molar-refractivity contribution in [1.29, 1.82) is 0 Å². The number of hydrogen-bond acceptors (Lipinski definition) is 26. The molecule has 0 spiro atoms. The zero-order chi connectivity index (χ0) is 70.4. The molecule has 2 aromatic carbocycles. The van der Waals surface area contributed by atoms with Gasteiger partial charge >= 0.3 is 10.4 Å². The molecule has 7 heterocycles. The largest absolute Gasteiger partial charge is 0.504 e. The number of likely N-dealkylation sites (N-methyl/N-ethyl adjacent to an activating group) is 1. The monoisotopic (exact) mass is 1400 g/mol. The van der Waals surface area contributed by atoms with Gasteiger partial charge in [-0.15, -0.1) is 10.2 Å². The van der Waals surface area contributed by atoms with Crippen molar-refractivity contribution in [3.05, 3.63) is 72.7 Å². The summed E-state index contributed by atoms with van der Waals surface area (Å²) in [6.07, 6.45) is -0.0341. The van der Waals surface area contributed by atoms with Crippen molar-refractivity contribution in [2.75, 3.05) is 69.2 Å². The Morgan fingerprint density at radius 2 is 1.40 bits per heavy atom. The van der Waals surface area contributed by atoms with Gasteiger partial charge in [0.25, 0.3) is 0 Å². The lowest BCUT2D eigenvalue weighted by atomic mass is 9.97. The minimum atomic E-state index is -5.21. The number of nitrogens with one attached hydrogen (secondary N) is 4. The highest BCUT2D eigenvalue weighted by Crippen LogP contribution is 2.36. The summed E-state index contributed by atoms with van der Waals surface area (Å²) < 4.78 is 43.4. The number of piperidine rings is 1. The van der Waals surface area contributed by atoms with Gasteiger partial charge in [0, 0.05) is 113 Å². The molecule has 1 saturated carbocycles. The molecule has 0 unspecified atom stereocenters. The highest BCUT2D eigenvalue weighted by molar-refractivity contribution is 7.81. The summed E-state index contributed by atoms with van der Waals surface area (Å²) in [7, 11) is -3.60. The van der Waals surface area contributed by atoms with Crippen LogP contribution in [0, 0.1) is 11.8 Å². The highest BCUT2D eigenvalue weighted by Gasteiger charge is 2.50. The van der Waals surface area contributed by atoms with E-state index in [4.69, 9.17) is 20.4 Å². The van der Waals surface area contributed by atoms with Crippen LogP contribution in [-0.2, 0) is 50.3 Å². The Bertz CT molecular complexity index is 3610. The summed E-state index contributed by atoms with van der Waals surface area (Å²) in [4.78, 5) is 105. The summed E-state index contributed by atoms with van der Waals surface area (Å²) >= 11 is 1.40. The summed E-state index contributed by atoms with van der Waals surface area (Å²) in [5.41, 5.74) is 8.26. The molecule has 6 aliphatic rings. The van der Waals surface area contributed by atoms with Gasteiger partial charge in [-0.1, -0.05) is 74.4 Å². The van der Waals surface area contributed by atoms with Crippen LogP contribution >= 0.6 is 11.3 Å². The fourth-order valence-electron chi connectivity index (χ4n) is 13.7. The number of phenolic OH excluding ortho intramolecular Hbond substituents is 1. The maximum absolute atomic E-state index is 14.8. The first-order valence-corrected chi connectivity index (χ1v) is 35.2. The van der Waals surface area contributed by atoms with Crippen molar-refractivity contribution >= 4 is 68.3 Å². The molecule has 10 rings (SSSR count). The lowest BCUT2D eigenvalue weighted by Gasteiger charge is -2.42. The molecule has 534 valence electrons. The lowest BCUT2D eigenvalue weighted by molar-refractivity contribution is -0.147. The molecule has 6 fully saturated rings. The molecule has 34 heteroatoms. The quantitative estimate of drug-likeness (QED) is 0.0495. The van der Waals surface area contributed by atoms with Gasteiger partial charge in [-0.3, -0.25) is 38.2 Å². The number of nitrogens with zero attached hydrogens (tertiary/aromatic N) is 9. The number of aliphatic hydroxyl groups is 6. The summed E-state index contributed by atoms with van der Waals surface area (Å²) in [6.45, 7) is 7.71. The van der Waals surface area contributed by atoms with Crippen molar-refractivity contribution in [3.63, 3.8) is 0 Å². The molecule has 13 atom stereocenters. The average molecular weight is 1410 g/mol. The van der Waals surface area contributed by atoms with E-state index < -0.39 is 175 Å². The van der Waals surface area contributed by atoms with Gasteiger partial charge < -0.3 is 91.3 Å². The normalized spacial score (nSPS) is 27.4. The fourth-order valence-corrected chi connectivity index (χ4v) is 14.9. The van der Waals surface area contributed by atoms with Gasteiger partial charge in [0.2, 0.25) is 46.5 Å². The number of fused-ring (bicyclic) bond motifs is 2. The Morgan fingerprint density at radius 1 is 0.755 bits per heavy atom. The topological polar surface area (TPSA) is 459 Å². The molecule has 4 aromatic rings. The van der Waals surface area contributed by atoms with Gasteiger partial charge in [-0.25, -0.2) is 9.97 Å². The van der Waals surface area contributed by atoms with Crippen LogP contribution in [0.5, 0.6) is 11.5 Å². The maximum atomic E-state index is 14.8. The third-order valence-corrected chi connectivity index (χ3v) is 20.5. The van der Waals surface area contributed by atoms with E-state index >= 15 is 0 Å². The minimum Gasteiger partial charge on any atom is -0.504 e. The summed E-state index contributed by atoms with van der Waals surface area (Å²) in [5, 5.41) is 99.5. The van der Waals surface area contributed by atoms with Gasteiger partial charge in [0.15, 0.2) is 11.5 Å². The second kappa shape index (κ2) is 31.6. The number of nitrogens with two attached hydrogens (primary N) is 1. The Morgan fingerprint density at radius 3 is 2.06 bits per heavy atom. The Balaban J connectivity index is 0.844. The number of amides is 6. The Kier molecular flexibility index (Phi) is 23.5. The minimum absolute atomic E-state index is 0.0802. The number of phenols is 1. The first kappa shape index (κ1) is 73.0. The average Bonchev–Trinajstić information content (AvgIpc) is 1.62. The number of β-amino-alcohol motifs (C(OH)–C–C–N with tert-alkyl or cyclic N) is 1. The second-order valence-electron chi connectivity index (χ2n) is 26.7. The van der Waals surface area contributed by atoms with E-state index in [9.17, 15) is 77.5 Å². The van der Waals surface area contributed by atoms with Crippen molar-refractivity contribution in [3.8, 4) is 33.2 Å². The van der Waals surface area contributed by atoms with E-state index in [0.717, 1.165) is 83.5 Å². The smallest absolute Gasteiger partial charge is 0.446 e. The molecular formula is C64H88N14O18S2. The molecule has 0 bridgehead atoms. The number of aromatic hydroxyl groups is 1. The van der Waals surface area contributed by atoms with Crippen LogP contribution in [0.3, 0.4) is 0 Å². The van der Waals surface area contributed by atoms with Crippen molar-refractivity contribution in [1.82, 2.24) is 56.1 Å². The molecule has 14 N–H and O–H groups in total. The van der Waals surface area contributed by atoms with Gasteiger partial charge in [-0.2, -0.15) is 8.42 Å². The van der Waals surface area contributed by atoms with Crippen LogP contribution in [0.15, 0.2) is 67.1 Å². The number of hydrogen-bond donors (Lipinski definition) is 13. The first-order chi connectivity index (χ1) is 46.6. The predicted octanol–water partition coefficient (Wildman–Crippen LogP) is -1.68. The third-order valence-electron chi connectivity index (χ3n) is 19.0. The number of rotatable bonds is 18. The number of aliphatic hydroxyl groups excluding tert-OH is 6. The van der Waals surface area contributed by atoms with Crippen molar-refractivity contribution < 1.29 is 86.4 Å². The van der Waals surface area contributed by atoms with E-state index in [-0.39, 0.29) is 36.4 Å². The van der Waals surface area contributed by atoms with E-state index in [1.807, 2.05) is 41.6 Å². The molecular weight excluding hydrogens is 1320 g/mol. The van der Waals surface area contributed by atoms with Crippen LogP contribution in [-0.4, -0.2) is 264 Å². The van der Waals surface area contributed by atoms with Crippen LogP contribution < -0.4 is 41.0 Å². The van der Waals surface area contributed by atoms with Crippen LogP contribution in [0.1, 0.15) is 83.6 Å². The standard InChI is InChI=1S/C64H88N14O18S2/c1-33-28-78-54(55(33)85)59(89)66-27-41(80)23-45(74(4)29-37-30-76(31-37)64-73-72-60(97-64)39-13-11-38(12-14-39)40-25-67-63(68-26-40)75-18-16-44(17-19-75)95-43-8-6-5-7-9-43)56(86)69-51(35(3)79)61(90)77-32-42(81)24-46(77)57(87)70-52(58(88)71-53(62(78)91)48(83)20-34(2)65)49(84)21-36-10-15-47(82)50(22-36)96-98(92,93)94/h10-15,22,25-26,33,35,37,41-46,48-49,51-55,79-85H,2,5-9,16-21,23-24,27-32,65H2,1,3-4H3,(H,66,89)(H,69,86)(H,70,87)(H,71,88)(H,92,93,94)/t33-,35+,41+,42+,45-,46-,48+,49+,51-,52-,53-,54-,55-/m0/s1. The van der Waals surface area contributed by atoms with Crippen LogP contribution in [0.25, 0.3) is 21.7 Å².